The van der Waals surface area contributed by atoms with Gasteiger partial charge in [-0.2, -0.15) is 0 Å². The summed E-state index contributed by atoms with van der Waals surface area (Å²) >= 11 is 1.37. The van der Waals surface area contributed by atoms with Crippen LogP contribution in [0.5, 0.6) is 0 Å². The van der Waals surface area contributed by atoms with E-state index in [0.29, 0.717) is 4.88 Å². The maximum absolute atomic E-state index is 11.9. The fourth-order valence-electron chi connectivity index (χ4n) is 2.17. The molecule has 21 heavy (non-hydrogen) atoms. The van der Waals surface area contributed by atoms with Gasteiger partial charge in [-0.3, -0.25) is 0 Å². The molecule has 0 spiro atoms. The Balaban J connectivity index is 2.18. The summed E-state index contributed by atoms with van der Waals surface area (Å²) in [5.74, 6) is -0.344. The Morgan fingerprint density at radius 2 is 2.05 bits per heavy atom. The predicted molar refractivity (Wildman–Crippen MR) is 80.7 cm³/mol. The Kier molecular flexibility index (Phi) is 3.53. The third kappa shape index (κ3) is 2.34. The average molecular weight is 299 g/mol. The minimum absolute atomic E-state index is 0.344. The fraction of sp³-hybridized carbons (Fsp3) is 0.133. The van der Waals surface area contributed by atoms with Gasteiger partial charge in [-0.15, -0.1) is 16.4 Å². The van der Waals surface area contributed by atoms with Crippen LogP contribution in [0.4, 0.5) is 0 Å². The van der Waals surface area contributed by atoms with E-state index in [1.165, 1.54) is 18.4 Å². The number of aryl methyl sites for hydroxylation is 1. The van der Waals surface area contributed by atoms with E-state index in [9.17, 15) is 4.79 Å². The minimum atomic E-state index is -0.344. The van der Waals surface area contributed by atoms with Crippen LogP contribution in [-0.2, 0) is 4.74 Å². The molecule has 0 saturated heterocycles. The summed E-state index contributed by atoms with van der Waals surface area (Å²) in [7, 11) is 1.38. The normalized spacial score (nSPS) is 10.6. The fourth-order valence-corrected chi connectivity index (χ4v) is 3.15. The Morgan fingerprint density at radius 3 is 2.76 bits per heavy atom. The molecule has 0 bridgehead atoms. The number of hydrogen-bond acceptors (Lipinski definition) is 5. The lowest BCUT2D eigenvalue weighted by Crippen LogP contribution is -2.04. The van der Waals surface area contributed by atoms with Gasteiger partial charge in [0.25, 0.3) is 0 Å². The third-order valence-corrected chi connectivity index (χ3v) is 4.23. The van der Waals surface area contributed by atoms with Gasteiger partial charge < -0.3 is 4.74 Å². The summed E-state index contributed by atoms with van der Waals surface area (Å²) in [6.45, 7) is 1.96. The largest absolute Gasteiger partial charge is 0.465 e. The lowest BCUT2D eigenvalue weighted by Gasteiger charge is -2.07. The molecule has 3 aromatic rings. The van der Waals surface area contributed by atoms with E-state index in [1.54, 1.807) is 10.9 Å². The number of carbonyl (C=O) groups is 1. The van der Waals surface area contributed by atoms with Crippen LogP contribution in [0.25, 0.3) is 16.9 Å². The molecular weight excluding hydrogens is 286 g/mol. The highest BCUT2D eigenvalue weighted by Gasteiger charge is 2.21. The SMILES string of the molecule is COC(=O)c1scc(C)c1-c1cnnn1-c1ccccc1. The molecule has 0 aliphatic carbocycles. The van der Waals surface area contributed by atoms with Gasteiger partial charge in [-0.05, 0) is 30.0 Å². The molecule has 0 fully saturated rings. The standard InChI is InChI=1S/C15H13N3O2S/c1-10-9-21-14(15(19)20-2)13(10)12-8-16-17-18(12)11-6-4-3-5-7-11/h3-9H,1-2H3. The van der Waals surface area contributed by atoms with Crippen LogP contribution in [-0.4, -0.2) is 28.1 Å². The molecule has 0 aliphatic heterocycles. The van der Waals surface area contributed by atoms with Crippen molar-refractivity contribution in [2.75, 3.05) is 7.11 Å². The molecule has 6 heteroatoms. The number of esters is 1. The van der Waals surface area contributed by atoms with Crippen molar-refractivity contribution in [2.24, 2.45) is 0 Å². The topological polar surface area (TPSA) is 57.0 Å². The second-order valence-electron chi connectivity index (χ2n) is 4.48. The van der Waals surface area contributed by atoms with Crippen molar-refractivity contribution in [1.29, 1.82) is 0 Å². The van der Waals surface area contributed by atoms with Gasteiger partial charge in [0.05, 0.1) is 24.7 Å². The number of aromatic nitrogens is 3. The number of methoxy groups -OCH3 is 1. The molecule has 2 aromatic heterocycles. The van der Waals surface area contributed by atoms with Crippen LogP contribution in [0.15, 0.2) is 41.9 Å². The number of benzene rings is 1. The van der Waals surface area contributed by atoms with E-state index in [0.717, 1.165) is 22.5 Å². The first kappa shape index (κ1) is 13.5. The predicted octanol–water partition coefficient (Wildman–Crippen LogP) is 3.09. The van der Waals surface area contributed by atoms with Crippen molar-refractivity contribution in [1.82, 2.24) is 15.0 Å². The van der Waals surface area contributed by atoms with Crippen molar-refractivity contribution in [3.63, 3.8) is 0 Å². The van der Waals surface area contributed by atoms with Crippen molar-refractivity contribution in [3.05, 3.63) is 52.3 Å². The zero-order chi connectivity index (χ0) is 14.8. The summed E-state index contributed by atoms with van der Waals surface area (Å²) < 4.78 is 6.58. The van der Waals surface area contributed by atoms with Crippen molar-refractivity contribution in [2.45, 2.75) is 6.92 Å². The summed E-state index contributed by atoms with van der Waals surface area (Å²) in [4.78, 5) is 12.5. The zero-order valence-electron chi connectivity index (χ0n) is 11.6. The molecule has 0 N–H and O–H groups in total. The van der Waals surface area contributed by atoms with Gasteiger partial charge in [0.1, 0.15) is 4.88 Å². The number of hydrogen-bond donors (Lipinski definition) is 0. The van der Waals surface area contributed by atoms with Gasteiger partial charge in [0, 0.05) is 5.56 Å². The van der Waals surface area contributed by atoms with Crippen molar-refractivity contribution in [3.8, 4) is 16.9 Å². The number of carbonyl (C=O) groups excluding carboxylic acids is 1. The second-order valence-corrected chi connectivity index (χ2v) is 5.36. The molecule has 2 heterocycles. The van der Waals surface area contributed by atoms with Gasteiger partial charge in [0.2, 0.25) is 0 Å². The summed E-state index contributed by atoms with van der Waals surface area (Å²) in [5.41, 5.74) is 3.49. The number of para-hydroxylation sites is 1. The van der Waals surface area contributed by atoms with E-state index in [1.807, 2.05) is 42.6 Å². The van der Waals surface area contributed by atoms with E-state index >= 15 is 0 Å². The Labute approximate surface area is 125 Å². The highest BCUT2D eigenvalue weighted by Crippen LogP contribution is 2.33. The molecule has 0 atom stereocenters. The Hall–Kier alpha value is -2.47. The molecule has 3 rings (SSSR count). The highest BCUT2D eigenvalue weighted by molar-refractivity contribution is 7.12. The molecule has 0 saturated carbocycles. The summed E-state index contributed by atoms with van der Waals surface area (Å²) in [5, 5.41) is 10.1. The van der Waals surface area contributed by atoms with Crippen LogP contribution in [0, 0.1) is 6.92 Å². The maximum Gasteiger partial charge on any atom is 0.348 e. The van der Waals surface area contributed by atoms with Crippen molar-refractivity contribution < 1.29 is 9.53 Å². The summed E-state index contributed by atoms with van der Waals surface area (Å²) in [6.07, 6.45) is 1.66. The molecule has 1 aromatic carbocycles. The molecule has 0 radical (unpaired) electrons. The first-order chi connectivity index (χ1) is 10.2. The number of ether oxygens (including phenoxy) is 1. The highest BCUT2D eigenvalue weighted by atomic mass is 32.1. The Bertz CT molecular complexity index is 777. The lowest BCUT2D eigenvalue weighted by atomic mass is 10.1. The zero-order valence-corrected chi connectivity index (χ0v) is 12.4. The van der Waals surface area contributed by atoms with Gasteiger partial charge in [0.15, 0.2) is 0 Å². The average Bonchev–Trinajstić information content (AvgIpc) is 3.13. The van der Waals surface area contributed by atoms with Crippen molar-refractivity contribution >= 4 is 17.3 Å². The number of nitrogens with zero attached hydrogens (tertiary/aromatic N) is 3. The van der Waals surface area contributed by atoms with Gasteiger partial charge >= 0.3 is 5.97 Å². The number of thiophene rings is 1. The van der Waals surface area contributed by atoms with E-state index in [4.69, 9.17) is 4.74 Å². The van der Waals surface area contributed by atoms with E-state index < -0.39 is 0 Å². The molecule has 5 nitrogen and oxygen atoms in total. The van der Waals surface area contributed by atoms with Gasteiger partial charge in [-0.25, -0.2) is 9.48 Å². The minimum Gasteiger partial charge on any atom is -0.465 e. The monoisotopic (exact) mass is 299 g/mol. The van der Waals surface area contributed by atoms with Crippen LogP contribution in [0.1, 0.15) is 15.2 Å². The summed E-state index contributed by atoms with van der Waals surface area (Å²) in [6, 6.07) is 9.69. The third-order valence-electron chi connectivity index (χ3n) is 3.15. The quantitative estimate of drug-likeness (QED) is 0.697. The molecule has 0 unspecified atom stereocenters. The lowest BCUT2D eigenvalue weighted by molar-refractivity contribution is 0.0607. The molecule has 106 valence electrons. The Morgan fingerprint density at radius 1 is 1.29 bits per heavy atom. The van der Waals surface area contributed by atoms with Crippen LogP contribution in [0.2, 0.25) is 0 Å². The van der Waals surface area contributed by atoms with E-state index in [-0.39, 0.29) is 5.97 Å². The molecular formula is C15H13N3O2S. The van der Waals surface area contributed by atoms with E-state index in [2.05, 4.69) is 10.3 Å². The van der Waals surface area contributed by atoms with Crippen LogP contribution >= 0.6 is 11.3 Å². The second kappa shape index (κ2) is 5.49. The van der Waals surface area contributed by atoms with Crippen LogP contribution < -0.4 is 0 Å². The molecule has 0 aliphatic rings. The van der Waals surface area contributed by atoms with Gasteiger partial charge in [-0.1, -0.05) is 23.4 Å². The first-order valence-electron chi connectivity index (χ1n) is 6.35. The smallest absolute Gasteiger partial charge is 0.348 e. The number of rotatable bonds is 3. The first-order valence-corrected chi connectivity index (χ1v) is 7.23. The maximum atomic E-state index is 11.9. The molecule has 0 amide bonds. The van der Waals surface area contributed by atoms with Crippen LogP contribution in [0.3, 0.4) is 0 Å².